The van der Waals surface area contributed by atoms with E-state index in [9.17, 15) is 18.4 Å². The molecule has 1 aliphatic heterocycles. The second kappa shape index (κ2) is 11.3. The van der Waals surface area contributed by atoms with Gasteiger partial charge in [-0.3, -0.25) is 9.99 Å². The Morgan fingerprint density at radius 2 is 1.93 bits per heavy atom. The number of aromatic nitrogens is 2. The molecule has 0 amide bonds. The SMILES string of the molecule is [B]C(Nc1cc(Cl)c2ncc(C#N)c(NC(CC)c3cnc(F)c(F)c3)c2c1)(C1=CN(C2CC2)NN1)c1ccc(F)cc1. The zero-order valence-electron chi connectivity index (χ0n) is 22.9. The van der Waals surface area contributed by atoms with Gasteiger partial charge in [0.2, 0.25) is 5.95 Å². The van der Waals surface area contributed by atoms with Gasteiger partial charge >= 0.3 is 0 Å². The molecule has 1 saturated carbocycles. The summed E-state index contributed by atoms with van der Waals surface area (Å²) in [6, 6.07) is 12.3. The summed E-state index contributed by atoms with van der Waals surface area (Å²) in [6.07, 6.45) is 7.08. The van der Waals surface area contributed by atoms with Crippen LogP contribution in [0.1, 0.15) is 48.9 Å². The van der Waals surface area contributed by atoms with Crippen LogP contribution in [0, 0.1) is 28.9 Å². The molecule has 2 aromatic carbocycles. The molecule has 2 aromatic heterocycles. The summed E-state index contributed by atoms with van der Waals surface area (Å²) in [5.41, 5.74) is 7.97. The molecule has 2 atom stereocenters. The number of nitriles is 1. The molecular weight excluding hydrogens is 576 g/mol. The van der Waals surface area contributed by atoms with Crippen LogP contribution in [0.3, 0.4) is 0 Å². The van der Waals surface area contributed by atoms with Gasteiger partial charge in [-0.05, 0) is 60.7 Å². The van der Waals surface area contributed by atoms with Gasteiger partial charge in [0, 0.05) is 35.7 Å². The van der Waals surface area contributed by atoms with Crippen molar-refractivity contribution >= 4 is 41.7 Å². The van der Waals surface area contributed by atoms with E-state index in [0.717, 1.165) is 18.9 Å². The molecule has 4 N–H and O–H groups in total. The van der Waals surface area contributed by atoms with Crippen molar-refractivity contribution in [2.45, 2.75) is 43.7 Å². The molecule has 8 nitrogen and oxygen atoms in total. The Labute approximate surface area is 252 Å². The zero-order chi connectivity index (χ0) is 30.3. The van der Waals surface area contributed by atoms with Gasteiger partial charge in [-0.25, -0.2) is 13.8 Å². The highest BCUT2D eigenvalue weighted by Crippen LogP contribution is 2.39. The molecule has 6 rings (SSSR count). The number of anilines is 2. The first-order valence-electron chi connectivity index (χ1n) is 13.7. The van der Waals surface area contributed by atoms with E-state index in [2.05, 4.69) is 37.6 Å². The Kier molecular flexibility index (Phi) is 7.54. The Hall–Kier alpha value is -4.47. The number of halogens is 4. The number of nitrogens with one attached hydrogen (secondary N) is 4. The summed E-state index contributed by atoms with van der Waals surface area (Å²) >= 11 is 6.73. The molecule has 2 radical (unpaired) electrons. The minimum atomic E-state index is -1.36. The van der Waals surface area contributed by atoms with Crippen LogP contribution < -0.4 is 21.6 Å². The van der Waals surface area contributed by atoms with E-state index >= 15 is 0 Å². The lowest BCUT2D eigenvalue weighted by molar-refractivity contribution is 0.260. The van der Waals surface area contributed by atoms with Crippen molar-refractivity contribution in [1.82, 2.24) is 25.9 Å². The summed E-state index contributed by atoms with van der Waals surface area (Å²) in [5, 5.41) is 19.3. The normalized spacial score (nSPS) is 16.7. The second-order valence-corrected chi connectivity index (χ2v) is 10.9. The zero-order valence-corrected chi connectivity index (χ0v) is 23.7. The minimum Gasteiger partial charge on any atom is -0.378 e. The molecule has 216 valence electrons. The predicted octanol–water partition coefficient (Wildman–Crippen LogP) is 5.90. The maximum atomic E-state index is 14.0. The quantitative estimate of drug-likeness (QED) is 0.139. The smallest absolute Gasteiger partial charge is 0.248 e. The Morgan fingerprint density at radius 1 is 1.16 bits per heavy atom. The summed E-state index contributed by atoms with van der Waals surface area (Å²) in [7, 11) is 7.05. The van der Waals surface area contributed by atoms with Crippen molar-refractivity contribution in [1.29, 1.82) is 5.26 Å². The third-order valence-corrected chi connectivity index (χ3v) is 7.87. The number of hydrogen-bond acceptors (Lipinski definition) is 8. The first kappa shape index (κ1) is 28.6. The number of fused-ring (bicyclic) bond motifs is 1. The molecule has 1 aliphatic carbocycles. The number of nitrogens with zero attached hydrogens (tertiary/aromatic N) is 4. The Morgan fingerprint density at radius 3 is 2.60 bits per heavy atom. The Bertz CT molecular complexity index is 1780. The molecule has 4 aromatic rings. The fourth-order valence-corrected chi connectivity index (χ4v) is 5.38. The molecule has 2 aliphatic rings. The topological polar surface area (TPSA) is 101 Å². The van der Waals surface area contributed by atoms with Crippen LogP contribution in [0.15, 0.2) is 66.8 Å². The van der Waals surface area contributed by atoms with E-state index in [1.807, 2.05) is 18.1 Å². The fraction of sp³-hybridized carbons (Fsp3) is 0.233. The van der Waals surface area contributed by atoms with Crippen LogP contribution in [0.25, 0.3) is 10.9 Å². The van der Waals surface area contributed by atoms with E-state index in [4.69, 9.17) is 19.4 Å². The molecule has 43 heavy (non-hydrogen) atoms. The van der Waals surface area contributed by atoms with Crippen LogP contribution in [0.4, 0.5) is 24.5 Å². The van der Waals surface area contributed by atoms with Crippen molar-refractivity contribution in [3.8, 4) is 6.07 Å². The number of hydrogen-bond donors (Lipinski definition) is 4. The van der Waals surface area contributed by atoms with Gasteiger partial charge in [-0.15, -0.1) is 5.53 Å². The van der Waals surface area contributed by atoms with Gasteiger partial charge in [0.1, 0.15) is 19.7 Å². The van der Waals surface area contributed by atoms with Crippen LogP contribution in [0.5, 0.6) is 0 Å². The van der Waals surface area contributed by atoms with Gasteiger partial charge in [0.05, 0.1) is 39.0 Å². The molecule has 0 saturated heterocycles. The molecule has 3 heterocycles. The molecule has 13 heteroatoms. The first-order chi connectivity index (χ1) is 20.7. The molecular formula is C30H25BClF3N8. The number of pyridine rings is 2. The van der Waals surface area contributed by atoms with Crippen molar-refractivity contribution in [3.63, 3.8) is 0 Å². The van der Waals surface area contributed by atoms with Gasteiger partial charge in [0.15, 0.2) is 5.82 Å². The van der Waals surface area contributed by atoms with E-state index < -0.39 is 29.1 Å². The van der Waals surface area contributed by atoms with Gasteiger partial charge in [-0.2, -0.15) is 9.65 Å². The highest BCUT2D eigenvalue weighted by molar-refractivity contribution is 6.36. The number of benzene rings is 2. The number of hydrazine groups is 2. The summed E-state index contributed by atoms with van der Waals surface area (Å²) in [5.74, 6) is -2.67. The highest BCUT2D eigenvalue weighted by Gasteiger charge is 2.38. The van der Waals surface area contributed by atoms with Crippen LogP contribution in [-0.2, 0) is 5.44 Å². The average molecular weight is 601 g/mol. The molecule has 1 fully saturated rings. The third kappa shape index (κ3) is 5.54. The highest BCUT2D eigenvalue weighted by atomic mass is 35.5. The van der Waals surface area contributed by atoms with E-state index in [1.165, 1.54) is 24.5 Å². The predicted molar refractivity (Wildman–Crippen MR) is 159 cm³/mol. The fourth-order valence-electron chi connectivity index (χ4n) is 5.11. The Balaban J connectivity index is 1.44. The van der Waals surface area contributed by atoms with Crippen molar-refractivity contribution in [2.24, 2.45) is 0 Å². The van der Waals surface area contributed by atoms with Crippen molar-refractivity contribution in [3.05, 3.63) is 106 Å². The first-order valence-corrected chi connectivity index (χ1v) is 14.0. The molecule has 0 bridgehead atoms. The second-order valence-electron chi connectivity index (χ2n) is 10.5. The van der Waals surface area contributed by atoms with E-state index in [1.54, 1.807) is 24.3 Å². The van der Waals surface area contributed by atoms with Gasteiger partial charge in [0.25, 0.3) is 0 Å². The maximum absolute atomic E-state index is 14.0. The largest absolute Gasteiger partial charge is 0.378 e. The maximum Gasteiger partial charge on any atom is 0.248 e. The van der Waals surface area contributed by atoms with Crippen molar-refractivity contribution in [2.75, 3.05) is 10.6 Å². The standard InChI is InChI=1S/C30H25BClF3N8/c1-2-25(16-9-24(34)29(35)38-13-16)39-27-17(12-36)14-37-28-22(27)10-20(11-23(28)32)40-30(31,18-3-5-19(33)6-4-18)26-15-43(42-41-26)21-7-8-21/h3-6,9-11,13-15,21,25,40-42H,2,7-8H2,1H3,(H,37,39). The molecule has 0 spiro atoms. The lowest BCUT2D eigenvalue weighted by Gasteiger charge is -2.34. The minimum absolute atomic E-state index is 0.219. The summed E-state index contributed by atoms with van der Waals surface area (Å²) < 4.78 is 41.5. The van der Waals surface area contributed by atoms with Crippen LogP contribution >= 0.6 is 11.6 Å². The lowest BCUT2D eigenvalue weighted by atomic mass is 9.69. The van der Waals surface area contributed by atoms with Crippen LogP contribution in [0.2, 0.25) is 5.02 Å². The summed E-state index contributed by atoms with van der Waals surface area (Å²) in [6.45, 7) is 1.86. The van der Waals surface area contributed by atoms with Gasteiger partial charge < -0.3 is 16.1 Å². The number of rotatable bonds is 9. The van der Waals surface area contributed by atoms with E-state index in [-0.39, 0.29) is 10.6 Å². The van der Waals surface area contributed by atoms with Crippen LogP contribution in [-0.4, -0.2) is 28.9 Å². The monoisotopic (exact) mass is 600 g/mol. The van der Waals surface area contributed by atoms with E-state index in [0.29, 0.717) is 51.6 Å². The molecule has 2 unspecified atom stereocenters. The average Bonchev–Trinajstić information content (AvgIpc) is 3.73. The third-order valence-electron chi connectivity index (χ3n) is 7.59. The lowest BCUT2D eigenvalue weighted by Crippen LogP contribution is -2.45. The summed E-state index contributed by atoms with van der Waals surface area (Å²) in [4.78, 5) is 7.91. The van der Waals surface area contributed by atoms with Gasteiger partial charge in [-0.1, -0.05) is 30.7 Å². The van der Waals surface area contributed by atoms with Crippen molar-refractivity contribution < 1.29 is 13.2 Å².